The van der Waals surface area contributed by atoms with Crippen LogP contribution < -0.4 is 5.32 Å². The quantitative estimate of drug-likeness (QED) is 0.908. The topological polar surface area (TPSA) is 41.6 Å². The number of nitrogens with zero attached hydrogens (tertiary/aromatic N) is 1. The van der Waals surface area contributed by atoms with Crippen LogP contribution in [0, 0.1) is 5.92 Å². The second-order valence-corrected chi connectivity index (χ2v) is 8.06. The van der Waals surface area contributed by atoms with E-state index >= 15 is 0 Å². The molecule has 0 spiro atoms. The summed E-state index contributed by atoms with van der Waals surface area (Å²) in [4.78, 5) is 15.4. The Hall–Kier alpha value is -1.07. The molecule has 4 nitrogen and oxygen atoms in total. The molecule has 2 heterocycles. The summed E-state index contributed by atoms with van der Waals surface area (Å²) in [5.74, 6) is 0.503. The van der Waals surface area contributed by atoms with Crippen LogP contribution in [0.3, 0.4) is 0 Å². The number of piperidine rings is 1. The SMILES string of the molecule is C[C@H](NCC1CCCN(C(=O)OC(C)(C)C)C1)c1cccs1. The summed E-state index contributed by atoms with van der Waals surface area (Å²) >= 11 is 1.78. The Bertz CT molecular complexity index is 468. The summed E-state index contributed by atoms with van der Waals surface area (Å²) in [5.41, 5.74) is -0.421. The first-order valence-corrected chi connectivity index (χ1v) is 8.98. The lowest BCUT2D eigenvalue weighted by Gasteiger charge is -2.34. The molecule has 0 bridgehead atoms. The zero-order chi connectivity index (χ0) is 16.2. The van der Waals surface area contributed by atoms with E-state index in [0.717, 1.165) is 26.1 Å². The largest absolute Gasteiger partial charge is 0.444 e. The van der Waals surface area contributed by atoms with Gasteiger partial charge in [0.05, 0.1) is 0 Å². The molecule has 1 amide bonds. The van der Waals surface area contributed by atoms with Gasteiger partial charge in [0, 0.05) is 30.6 Å². The number of carbonyl (C=O) groups is 1. The third-order valence-electron chi connectivity index (χ3n) is 3.85. The first-order chi connectivity index (χ1) is 10.3. The van der Waals surface area contributed by atoms with Crippen LogP contribution in [0.25, 0.3) is 0 Å². The maximum Gasteiger partial charge on any atom is 0.410 e. The van der Waals surface area contributed by atoms with Crippen molar-refractivity contribution in [1.29, 1.82) is 0 Å². The van der Waals surface area contributed by atoms with Gasteiger partial charge in [0.25, 0.3) is 0 Å². The highest BCUT2D eigenvalue weighted by molar-refractivity contribution is 7.10. The van der Waals surface area contributed by atoms with Gasteiger partial charge in [0.2, 0.25) is 0 Å². The van der Waals surface area contributed by atoms with Crippen molar-refractivity contribution in [1.82, 2.24) is 10.2 Å². The van der Waals surface area contributed by atoms with Crippen LogP contribution in [0.2, 0.25) is 0 Å². The zero-order valence-corrected chi connectivity index (χ0v) is 14.9. The molecule has 22 heavy (non-hydrogen) atoms. The number of ether oxygens (including phenoxy) is 1. The van der Waals surface area contributed by atoms with Crippen LogP contribution >= 0.6 is 11.3 Å². The van der Waals surface area contributed by atoms with Gasteiger partial charge in [-0.05, 0) is 57.9 Å². The van der Waals surface area contributed by atoms with Crippen molar-refractivity contribution in [3.05, 3.63) is 22.4 Å². The normalized spacial score (nSPS) is 20.7. The van der Waals surface area contributed by atoms with Gasteiger partial charge in [-0.15, -0.1) is 11.3 Å². The third-order valence-corrected chi connectivity index (χ3v) is 4.91. The lowest BCUT2D eigenvalue weighted by Crippen LogP contribution is -2.45. The number of thiophene rings is 1. The van der Waals surface area contributed by atoms with E-state index in [0.29, 0.717) is 12.0 Å². The minimum Gasteiger partial charge on any atom is -0.444 e. The molecule has 2 rings (SSSR count). The molecule has 1 unspecified atom stereocenters. The zero-order valence-electron chi connectivity index (χ0n) is 14.1. The standard InChI is InChI=1S/C17H28N2O2S/c1-13(15-8-6-10-22-15)18-11-14-7-5-9-19(12-14)16(20)21-17(2,3)4/h6,8,10,13-14,18H,5,7,9,11-12H2,1-4H3/t13-,14?/m0/s1. The van der Waals surface area contributed by atoms with Crippen molar-refractivity contribution in [2.45, 2.75) is 52.2 Å². The van der Waals surface area contributed by atoms with Gasteiger partial charge in [-0.1, -0.05) is 6.07 Å². The predicted molar refractivity (Wildman–Crippen MR) is 91.3 cm³/mol. The maximum absolute atomic E-state index is 12.2. The van der Waals surface area contributed by atoms with Gasteiger partial charge in [-0.3, -0.25) is 0 Å². The van der Waals surface area contributed by atoms with Gasteiger partial charge < -0.3 is 15.0 Å². The van der Waals surface area contributed by atoms with E-state index in [1.165, 1.54) is 11.3 Å². The summed E-state index contributed by atoms with van der Waals surface area (Å²) in [6.07, 6.45) is 2.05. The van der Waals surface area contributed by atoms with Crippen molar-refractivity contribution < 1.29 is 9.53 Å². The Morgan fingerprint density at radius 3 is 2.95 bits per heavy atom. The number of rotatable bonds is 4. The molecule has 1 saturated heterocycles. The number of hydrogen-bond donors (Lipinski definition) is 1. The average Bonchev–Trinajstić information content (AvgIpc) is 2.97. The molecule has 1 fully saturated rings. The molecule has 1 aliphatic rings. The summed E-state index contributed by atoms with van der Waals surface area (Å²) in [6.45, 7) is 10.5. The number of carbonyl (C=O) groups excluding carboxylic acids is 1. The van der Waals surface area contributed by atoms with Crippen LogP contribution in [0.1, 0.15) is 51.5 Å². The van der Waals surface area contributed by atoms with Crippen molar-refractivity contribution in [2.24, 2.45) is 5.92 Å². The second-order valence-electron chi connectivity index (χ2n) is 7.08. The molecule has 0 saturated carbocycles. The molecule has 0 radical (unpaired) electrons. The van der Waals surface area contributed by atoms with Gasteiger partial charge in [0.15, 0.2) is 0 Å². The Labute approximate surface area is 137 Å². The summed E-state index contributed by atoms with van der Waals surface area (Å²) < 4.78 is 5.48. The highest BCUT2D eigenvalue weighted by Crippen LogP contribution is 2.21. The van der Waals surface area contributed by atoms with E-state index in [9.17, 15) is 4.79 Å². The van der Waals surface area contributed by atoms with Crippen LogP contribution in [0.5, 0.6) is 0 Å². The van der Waals surface area contributed by atoms with E-state index in [4.69, 9.17) is 4.74 Å². The Kier molecular flexibility index (Phi) is 5.87. The van der Waals surface area contributed by atoms with Gasteiger partial charge in [-0.2, -0.15) is 0 Å². The molecule has 124 valence electrons. The number of hydrogen-bond acceptors (Lipinski definition) is 4. The third kappa shape index (κ3) is 5.29. The average molecular weight is 324 g/mol. The smallest absolute Gasteiger partial charge is 0.410 e. The molecule has 0 aliphatic carbocycles. The Morgan fingerprint density at radius 1 is 1.55 bits per heavy atom. The monoisotopic (exact) mass is 324 g/mol. The fourth-order valence-electron chi connectivity index (χ4n) is 2.71. The first-order valence-electron chi connectivity index (χ1n) is 8.10. The van der Waals surface area contributed by atoms with Crippen molar-refractivity contribution in [2.75, 3.05) is 19.6 Å². The molecule has 0 aromatic carbocycles. The van der Waals surface area contributed by atoms with Gasteiger partial charge >= 0.3 is 6.09 Å². The number of amides is 1. The minimum absolute atomic E-state index is 0.177. The molecule has 1 aliphatic heterocycles. The van der Waals surface area contributed by atoms with E-state index in [-0.39, 0.29) is 6.09 Å². The van der Waals surface area contributed by atoms with Crippen LogP contribution in [0.4, 0.5) is 4.79 Å². The summed E-state index contributed by atoms with van der Waals surface area (Å²) in [7, 11) is 0. The van der Waals surface area contributed by atoms with Crippen molar-refractivity contribution in [3.63, 3.8) is 0 Å². The molecule has 1 N–H and O–H groups in total. The van der Waals surface area contributed by atoms with E-state index in [2.05, 4.69) is 29.8 Å². The molecular weight excluding hydrogens is 296 g/mol. The molecule has 2 atom stereocenters. The van der Waals surface area contributed by atoms with Gasteiger partial charge in [-0.25, -0.2) is 4.79 Å². The Balaban J connectivity index is 1.79. The van der Waals surface area contributed by atoms with Gasteiger partial charge in [0.1, 0.15) is 5.60 Å². The lowest BCUT2D eigenvalue weighted by molar-refractivity contribution is 0.0165. The van der Waals surface area contributed by atoms with Crippen LogP contribution in [0.15, 0.2) is 17.5 Å². The first kappa shape index (κ1) is 17.3. The minimum atomic E-state index is -0.421. The van der Waals surface area contributed by atoms with Crippen LogP contribution in [-0.4, -0.2) is 36.2 Å². The second kappa shape index (κ2) is 7.47. The summed E-state index contributed by atoms with van der Waals surface area (Å²) in [6, 6.07) is 4.62. The van der Waals surface area contributed by atoms with E-state index in [1.54, 1.807) is 11.3 Å². The highest BCUT2D eigenvalue weighted by Gasteiger charge is 2.27. The van der Waals surface area contributed by atoms with Crippen molar-refractivity contribution in [3.8, 4) is 0 Å². The highest BCUT2D eigenvalue weighted by atomic mass is 32.1. The molecule has 1 aromatic heterocycles. The fraction of sp³-hybridized carbons (Fsp3) is 0.706. The summed E-state index contributed by atoms with van der Waals surface area (Å²) in [5, 5.41) is 5.70. The fourth-order valence-corrected chi connectivity index (χ4v) is 3.46. The molecular formula is C17H28N2O2S. The van der Waals surface area contributed by atoms with Crippen LogP contribution in [-0.2, 0) is 4.74 Å². The van der Waals surface area contributed by atoms with E-state index in [1.807, 2.05) is 25.7 Å². The Morgan fingerprint density at radius 2 is 2.32 bits per heavy atom. The lowest BCUT2D eigenvalue weighted by atomic mass is 9.98. The van der Waals surface area contributed by atoms with Crippen molar-refractivity contribution >= 4 is 17.4 Å². The number of likely N-dealkylation sites (tertiary alicyclic amines) is 1. The number of nitrogens with one attached hydrogen (secondary N) is 1. The molecule has 5 heteroatoms. The maximum atomic E-state index is 12.2. The molecule has 1 aromatic rings. The van der Waals surface area contributed by atoms with E-state index < -0.39 is 5.60 Å². The predicted octanol–water partition coefficient (Wildman–Crippen LogP) is 4.05.